The molecule has 0 fully saturated rings. The van der Waals surface area contributed by atoms with Crippen LogP contribution in [0.4, 0.5) is 0 Å². The molecule has 1 unspecified atom stereocenters. The molecule has 6 nitrogen and oxygen atoms in total. The number of nitrogens with zero attached hydrogens (tertiary/aromatic N) is 1. The van der Waals surface area contributed by atoms with Gasteiger partial charge in [0.05, 0.1) is 23.5 Å². The smallest absolute Gasteiger partial charge is 0.344 e. The molecule has 2 aromatic carbocycles. The molecule has 0 aliphatic carbocycles. The summed E-state index contributed by atoms with van der Waals surface area (Å²) in [7, 11) is 0. The lowest BCUT2D eigenvalue weighted by molar-refractivity contribution is 0.340. The Morgan fingerprint density at radius 3 is 2.63 bits per heavy atom. The van der Waals surface area contributed by atoms with Crippen molar-refractivity contribution in [3.63, 3.8) is 0 Å². The van der Waals surface area contributed by atoms with Crippen LogP contribution in [0.25, 0.3) is 11.0 Å². The van der Waals surface area contributed by atoms with Crippen molar-refractivity contribution in [1.29, 1.82) is 5.26 Å². The van der Waals surface area contributed by atoms with Crippen LogP contribution in [0.2, 0.25) is 0 Å². The minimum atomic E-state index is -0.671. The SMILES string of the molecule is CCOc1ccc(C2C(C#N)=C(N)Oc3c2c(=O)oc2ccccc32)cc1. The second-order valence-electron chi connectivity index (χ2n) is 6.06. The Bertz CT molecular complexity index is 1150. The van der Waals surface area contributed by atoms with Crippen LogP contribution in [0.5, 0.6) is 11.5 Å². The number of nitrogens with two attached hydrogens (primary N) is 1. The van der Waals surface area contributed by atoms with Gasteiger partial charge < -0.3 is 19.6 Å². The highest BCUT2D eigenvalue weighted by molar-refractivity contribution is 5.86. The van der Waals surface area contributed by atoms with Crippen molar-refractivity contribution in [2.75, 3.05) is 6.61 Å². The number of ether oxygens (including phenoxy) is 2. The minimum Gasteiger partial charge on any atom is -0.494 e. The summed E-state index contributed by atoms with van der Waals surface area (Å²) in [6.45, 7) is 2.45. The molecule has 0 saturated heterocycles. The van der Waals surface area contributed by atoms with E-state index in [1.807, 2.05) is 25.1 Å². The van der Waals surface area contributed by atoms with E-state index >= 15 is 0 Å². The fourth-order valence-corrected chi connectivity index (χ4v) is 3.32. The van der Waals surface area contributed by atoms with E-state index in [1.165, 1.54) is 0 Å². The van der Waals surface area contributed by atoms with Crippen LogP contribution in [0.1, 0.15) is 24.0 Å². The van der Waals surface area contributed by atoms with Gasteiger partial charge in [-0.2, -0.15) is 5.26 Å². The quantitative estimate of drug-likeness (QED) is 0.719. The van der Waals surface area contributed by atoms with Crippen molar-refractivity contribution in [2.45, 2.75) is 12.8 Å². The average Bonchev–Trinajstić information content (AvgIpc) is 2.68. The zero-order valence-electron chi connectivity index (χ0n) is 14.6. The first-order chi connectivity index (χ1) is 13.1. The Labute approximate surface area is 155 Å². The van der Waals surface area contributed by atoms with E-state index in [2.05, 4.69) is 6.07 Å². The van der Waals surface area contributed by atoms with E-state index in [4.69, 9.17) is 19.6 Å². The fourth-order valence-electron chi connectivity index (χ4n) is 3.32. The molecule has 1 atom stereocenters. The lowest BCUT2D eigenvalue weighted by Gasteiger charge is -2.26. The lowest BCUT2D eigenvalue weighted by atomic mass is 9.84. The van der Waals surface area contributed by atoms with E-state index < -0.39 is 11.5 Å². The molecule has 0 radical (unpaired) electrons. The van der Waals surface area contributed by atoms with Crippen molar-refractivity contribution >= 4 is 11.0 Å². The molecule has 27 heavy (non-hydrogen) atoms. The predicted octanol–water partition coefficient (Wildman–Crippen LogP) is 3.41. The maximum atomic E-state index is 12.8. The highest BCUT2D eigenvalue weighted by atomic mass is 16.5. The van der Waals surface area contributed by atoms with Gasteiger partial charge in [0.1, 0.15) is 23.0 Å². The maximum absolute atomic E-state index is 12.8. The van der Waals surface area contributed by atoms with Gasteiger partial charge >= 0.3 is 5.63 Å². The first kappa shape index (κ1) is 16.7. The van der Waals surface area contributed by atoms with Gasteiger partial charge in [-0.05, 0) is 36.8 Å². The number of hydrogen-bond acceptors (Lipinski definition) is 6. The summed E-state index contributed by atoms with van der Waals surface area (Å²) in [5, 5.41) is 10.3. The van der Waals surface area contributed by atoms with E-state index in [9.17, 15) is 10.1 Å². The number of fused-ring (bicyclic) bond motifs is 3. The topological polar surface area (TPSA) is 98.5 Å². The van der Waals surface area contributed by atoms with Gasteiger partial charge in [0, 0.05) is 0 Å². The molecule has 134 valence electrons. The third-order valence-electron chi connectivity index (χ3n) is 4.50. The van der Waals surface area contributed by atoms with E-state index in [0.717, 1.165) is 5.56 Å². The van der Waals surface area contributed by atoms with Crippen molar-refractivity contribution in [2.24, 2.45) is 5.73 Å². The molecular formula is C21H16N2O4. The Hall–Kier alpha value is -3.72. The van der Waals surface area contributed by atoms with E-state index in [0.29, 0.717) is 29.1 Å². The van der Waals surface area contributed by atoms with Crippen molar-refractivity contribution in [3.8, 4) is 17.6 Å². The largest absolute Gasteiger partial charge is 0.494 e. The summed E-state index contributed by atoms with van der Waals surface area (Å²) in [6.07, 6.45) is 0. The van der Waals surface area contributed by atoms with Crippen molar-refractivity contribution < 1.29 is 13.9 Å². The van der Waals surface area contributed by atoms with Crippen molar-refractivity contribution in [1.82, 2.24) is 0 Å². The number of benzene rings is 2. The zero-order valence-corrected chi connectivity index (χ0v) is 14.6. The van der Waals surface area contributed by atoms with Gasteiger partial charge in [-0.3, -0.25) is 0 Å². The van der Waals surface area contributed by atoms with Crippen LogP contribution < -0.4 is 20.8 Å². The van der Waals surface area contributed by atoms with Gasteiger partial charge in [0.25, 0.3) is 0 Å². The van der Waals surface area contributed by atoms with Gasteiger partial charge in [0.2, 0.25) is 5.88 Å². The highest BCUT2D eigenvalue weighted by Crippen LogP contribution is 2.43. The summed E-state index contributed by atoms with van der Waals surface area (Å²) < 4.78 is 16.6. The first-order valence-electron chi connectivity index (χ1n) is 8.50. The van der Waals surface area contributed by atoms with Crippen LogP contribution in [0.3, 0.4) is 0 Å². The first-order valence-corrected chi connectivity index (χ1v) is 8.50. The Morgan fingerprint density at radius 2 is 1.93 bits per heavy atom. The Balaban J connectivity index is 1.97. The van der Waals surface area contributed by atoms with Crippen LogP contribution in [0, 0.1) is 11.3 Å². The lowest BCUT2D eigenvalue weighted by Crippen LogP contribution is -2.26. The average molecular weight is 360 g/mol. The Morgan fingerprint density at radius 1 is 1.19 bits per heavy atom. The molecule has 3 aromatic rings. The van der Waals surface area contributed by atoms with E-state index in [1.54, 1.807) is 30.3 Å². The summed E-state index contributed by atoms with van der Waals surface area (Å²) in [5.74, 6) is 0.349. The van der Waals surface area contributed by atoms with Crippen LogP contribution in [0.15, 0.2) is 69.2 Å². The molecular weight excluding hydrogens is 344 g/mol. The second kappa shape index (κ2) is 6.54. The third-order valence-corrected chi connectivity index (χ3v) is 4.50. The molecule has 0 saturated carbocycles. The Kier molecular flexibility index (Phi) is 4.05. The third kappa shape index (κ3) is 2.70. The molecule has 1 aliphatic heterocycles. The molecule has 2 heterocycles. The van der Waals surface area contributed by atoms with Gasteiger partial charge in [-0.1, -0.05) is 24.3 Å². The second-order valence-corrected chi connectivity index (χ2v) is 6.06. The summed E-state index contributed by atoms with van der Waals surface area (Å²) in [5.41, 5.74) is 7.05. The molecule has 6 heteroatoms. The summed E-state index contributed by atoms with van der Waals surface area (Å²) in [4.78, 5) is 12.8. The predicted molar refractivity (Wildman–Crippen MR) is 99.4 cm³/mol. The normalized spacial score (nSPS) is 15.8. The number of nitriles is 1. The molecule has 0 spiro atoms. The van der Waals surface area contributed by atoms with Gasteiger partial charge in [-0.25, -0.2) is 4.79 Å². The molecule has 0 amide bonds. The summed E-state index contributed by atoms with van der Waals surface area (Å²) in [6, 6.07) is 16.3. The zero-order chi connectivity index (χ0) is 19.0. The maximum Gasteiger partial charge on any atom is 0.344 e. The molecule has 1 aromatic heterocycles. The van der Waals surface area contributed by atoms with Gasteiger partial charge in [-0.15, -0.1) is 0 Å². The number of rotatable bonds is 3. The van der Waals surface area contributed by atoms with Crippen LogP contribution >= 0.6 is 0 Å². The van der Waals surface area contributed by atoms with Crippen LogP contribution in [-0.2, 0) is 0 Å². The fraction of sp³-hybridized carbons (Fsp3) is 0.143. The minimum absolute atomic E-state index is 0.0142. The van der Waals surface area contributed by atoms with Crippen molar-refractivity contribution in [3.05, 3.63) is 81.5 Å². The summed E-state index contributed by atoms with van der Waals surface area (Å²) >= 11 is 0. The van der Waals surface area contributed by atoms with E-state index in [-0.39, 0.29) is 17.0 Å². The monoisotopic (exact) mass is 360 g/mol. The molecule has 2 N–H and O–H groups in total. The standard InChI is InChI=1S/C21H16N2O4/c1-2-25-13-9-7-12(8-10-13)17-15(11-22)20(23)27-19-14-5-3-4-6-16(14)26-21(24)18(17)19/h3-10,17H,2,23H2,1H3. The number of para-hydroxylation sites is 1. The molecule has 1 aliphatic rings. The highest BCUT2D eigenvalue weighted by Gasteiger charge is 2.35. The molecule has 4 rings (SSSR count). The van der Waals surface area contributed by atoms with Crippen LogP contribution in [-0.4, -0.2) is 6.61 Å². The number of hydrogen-bond donors (Lipinski definition) is 1. The number of allylic oxidation sites excluding steroid dienone is 1. The van der Waals surface area contributed by atoms with Gasteiger partial charge in [0.15, 0.2) is 5.75 Å². The molecule has 0 bridgehead atoms.